The van der Waals surface area contributed by atoms with E-state index in [4.69, 9.17) is 9.47 Å². The molecule has 1 amide bonds. The topological polar surface area (TPSA) is 149 Å². The number of amides is 1. The number of unbranched alkanes of at least 4 members (excludes halogenated alkanes) is 23. The minimum Gasteiger partial charge on any atom is -0.394 e. The van der Waals surface area contributed by atoms with E-state index in [0.29, 0.717) is 12.8 Å². The number of hydrogen-bond donors (Lipinski definition) is 6. The number of ether oxygens (including phenoxy) is 2. The molecule has 0 aromatic carbocycles. The van der Waals surface area contributed by atoms with Gasteiger partial charge in [0.2, 0.25) is 5.91 Å². The smallest absolute Gasteiger partial charge is 0.220 e. The molecule has 9 nitrogen and oxygen atoms in total. The zero-order chi connectivity index (χ0) is 37.4. The summed E-state index contributed by atoms with van der Waals surface area (Å²) in [4.78, 5) is 12.9. The molecule has 0 radical (unpaired) electrons. The van der Waals surface area contributed by atoms with Crippen LogP contribution in [-0.4, -0.2) is 87.5 Å². The van der Waals surface area contributed by atoms with Crippen molar-refractivity contribution < 1.29 is 39.8 Å². The standard InChI is InChI=1S/C42H81NO8/c1-3-5-7-9-11-13-15-17-18-20-21-23-25-27-29-31-36(45)35(34-50-42-41(49)40(48)39(47)37(33-44)51-42)43-38(46)32-30-28-26-24-22-19-16-14-12-10-8-6-4-2/h14,16,35-37,39-42,44-45,47-49H,3-13,15,17-34H2,1-2H3,(H,43,46)/b16-14+/t35-,36+,37+,39+,40?,41?,42+/m0/s1. The van der Waals surface area contributed by atoms with E-state index >= 15 is 0 Å². The lowest BCUT2D eigenvalue weighted by molar-refractivity contribution is -0.302. The number of allylic oxidation sites excluding steroid dienone is 2. The predicted molar refractivity (Wildman–Crippen MR) is 207 cm³/mol. The molecule has 0 saturated carbocycles. The highest BCUT2D eigenvalue weighted by Gasteiger charge is 2.44. The summed E-state index contributed by atoms with van der Waals surface area (Å²) in [6, 6.07) is -0.717. The van der Waals surface area contributed by atoms with Gasteiger partial charge in [0.1, 0.15) is 24.4 Å². The van der Waals surface area contributed by atoms with Crippen molar-refractivity contribution in [3.8, 4) is 0 Å². The Balaban J connectivity index is 2.38. The van der Waals surface area contributed by atoms with Gasteiger partial charge in [-0.05, 0) is 38.5 Å². The largest absolute Gasteiger partial charge is 0.394 e. The zero-order valence-electron chi connectivity index (χ0n) is 32.9. The van der Waals surface area contributed by atoms with Gasteiger partial charge in [0.05, 0.1) is 25.4 Å². The number of nitrogens with one attached hydrogen (secondary N) is 1. The Morgan fingerprint density at radius 2 is 1.10 bits per heavy atom. The van der Waals surface area contributed by atoms with E-state index in [2.05, 4.69) is 31.3 Å². The van der Waals surface area contributed by atoms with Crippen LogP contribution in [-0.2, 0) is 14.3 Å². The van der Waals surface area contributed by atoms with Gasteiger partial charge < -0.3 is 40.3 Å². The first kappa shape index (κ1) is 48.0. The second kappa shape index (κ2) is 33.5. The fraction of sp³-hybridized carbons (Fsp3) is 0.929. The highest BCUT2D eigenvalue weighted by atomic mass is 16.7. The molecule has 0 aromatic rings. The summed E-state index contributed by atoms with van der Waals surface area (Å²) in [5.74, 6) is -0.154. The molecule has 1 heterocycles. The molecule has 1 saturated heterocycles. The number of carbonyl (C=O) groups excluding carboxylic acids is 1. The maximum atomic E-state index is 12.9. The molecule has 51 heavy (non-hydrogen) atoms. The van der Waals surface area contributed by atoms with Crippen LogP contribution in [0.4, 0.5) is 0 Å². The first-order valence-electron chi connectivity index (χ1n) is 21.4. The third kappa shape index (κ3) is 24.8. The normalized spacial score (nSPS) is 22.1. The fourth-order valence-corrected chi connectivity index (χ4v) is 6.86. The van der Waals surface area contributed by atoms with Crippen molar-refractivity contribution in [2.24, 2.45) is 0 Å². The molecule has 0 aliphatic carbocycles. The van der Waals surface area contributed by atoms with Crippen molar-refractivity contribution in [3.63, 3.8) is 0 Å². The summed E-state index contributed by atoms with van der Waals surface area (Å²) in [5, 5.41) is 54.2. The van der Waals surface area contributed by atoms with Crippen LogP contribution in [0.2, 0.25) is 0 Å². The van der Waals surface area contributed by atoms with Crippen molar-refractivity contribution in [2.75, 3.05) is 13.2 Å². The summed E-state index contributed by atoms with van der Waals surface area (Å²) < 4.78 is 11.2. The lowest BCUT2D eigenvalue weighted by Crippen LogP contribution is -2.60. The van der Waals surface area contributed by atoms with Crippen LogP contribution >= 0.6 is 0 Å². The van der Waals surface area contributed by atoms with Gasteiger partial charge >= 0.3 is 0 Å². The monoisotopic (exact) mass is 728 g/mol. The molecular formula is C42H81NO8. The van der Waals surface area contributed by atoms with E-state index in [0.717, 1.165) is 51.4 Å². The van der Waals surface area contributed by atoms with Gasteiger partial charge in [-0.2, -0.15) is 0 Å². The van der Waals surface area contributed by atoms with E-state index in [1.807, 2.05) is 0 Å². The lowest BCUT2D eigenvalue weighted by Gasteiger charge is -2.40. The molecule has 0 bridgehead atoms. The van der Waals surface area contributed by atoms with E-state index in [-0.39, 0.29) is 12.5 Å². The molecular weight excluding hydrogens is 646 g/mol. The maximum Gasteiger partial charge on any atom is 0.220 e. The van der Waals surface area contributed by atoms with Crippen LogP contribution in [0.3, 0.4) is 0 Å². The summed E-state index contributed by atoms with van der Waals surface area (Å²) in [6.45, 7) is 3.80. The fourth-order valence-electron chi connectivity index (χ4n) is 6.86. The quantitative estimate of drug-likeness (QED) is 0.0283. The van der Waals surface area contributed by atoms with Gasteiger partial charge in [-0.25, -0.2) is 0 Å². The van der Waals surface area contributed by atoms with Gasteiger partial charge in [-0.3, -0.25) is 4.79 Å². The Hall–Kier alpha value is -1.07. The summed E-state index contributed by atoms with van der Waals surface area (Å²) >= 11 is 0. The van der Waals surface area contributed by atoms with Crippen LogP contribution in [0, 0.1) is 0 Å². The predicted octanol–water partition coefficient (Wildman–Crippen LogP) is 8.17. The molecule has 1 fully saturated rings. The van der Waals surface area contributed by atoms with E-state index in [1.54, 1.807) is 0 Å². The van der Waals surface area contributed by atoms with E-state index < -0.39 is 49.5 Å². The molecule has 6 N–H and O–H groups in total. The van der Waals surface area contributed by atoms with Gasteiger partial charge in [-0.15, -0.1) is 0 Å². The van der Waals surface area contributed by atoms with E-state index in [1.165, 1.54) is 116 Å². The second-order valence-electron chi connectivity index (χ2n) is 15.1. The van der Waals surface area contributed by atoms with Gasteiger partial charge in [0.15, 0.2) is 6.29 Å². The highest BCUT2D eigenvalue weighted by molar-refractivity contribution is 5.76. The summed E-state index contributed by atoms with van der Waals surface area (Å²) in [5.41, 5.74) is 0. The molecule has 0 aromatic heterocycles. The Morgan fingerprint density at radius 1 is 0.647 bits per heavy atom. The lowest BCUT2D eigenvalue weighted by atomic mass is 9.99. The van der Waals surface area contributed by atoms with Crippen LogP contribution < -0.4 is 5.32 Å². The Morgan fingerprint density at radius 3 is 1.61 bits per heavy atom. The zero-order valence-corrected chi connectivity index (χ0v) is 32.9. The molecule has 2 unspecified atom stereocenters. The molecule has 1 aliphatic heterocycles. The molecule has 0 spiro atoms. The summed E-state index contributed by atoms with van der Waals surface area (Å²) in [6.07, 6.45) is 29.2. The Bertz CT molecular complexity index is 812. The molecule has 302 valence electrons. The van der Waals surface area contributed by atoms with Gasteiger partial charge in [0.25, 0.3) is 0 Å². The molecule has 7 atom stereocenters. The SMILES string of the molecule is CCCCCC/C=C/CCCCCCCC(=O)N[C@@H](CO[C@@H]1O[C@H](CO)[C@@H](O)C(O)C1O)[C@H](O)CCCCCCCCCCCCCCCCC. The van der Waals surface area contributed by atoms with Crippen LogP contribution in [0.15, 0.2) is 12.2 Å². The van der Waals surface area contributed by atoms with Crippen molar-refractivity contribution >= 4 is 5.91 Å². The number of aliphatic hydroxyl groups is 5. The summed E-state index contributed by atoms with van der Waals surface area (Å²) in [7, 11) is 0. The van der Waals surface area contributed by atoms with Crippen LogP contribution in [0.5, 0.6) is 0 Å². The third-order valence-corrected chi connectivity index (χ3v) is 10.4. The minimum atomic E-state index is -1.55. The molecule has 1 aliphatic rings. The van der Waals surface area contributed by atoms with Crippen molar-refractivity contribution in [3.05, 3.63) is 12.2 Å². The first-order chi connectivity index (χ1) is 24.8. The first-order valence-corrected chi connectivity index (χ1v) is 21.4. The molecule has 9 heteroatoms. The average Bonchev–Trinajstić information content (AvgIpc) is 3.13. The Labute approximate surface area is 312 Å². The Kier molecular flexibility index (Phi) is 31.5. The number of aliphatic hydroxyl groups excluding tert-OH is 5. The highest BCUT2D eigenvalue weighted by Crippen LogP contribution is 2.23. The van der Waals surface area contributed by atoms with Crippen LogP contribution in [0.25, 0.3) is 0 Å². The second-order valence-corrected chi connectivity index (χ2v) is 15.1. The molecule has 1 rings (SSSR count). The van der Waals surface area contributed by atoms with E-state index in [9.17, 15) is 30.3 Å². The number of hydrogen-bond acceptors (Lipinski definition) is 8. The average molecular weight is 728 g/mol. The minimum absolute atomic E-state index is 0.138. The number of rotatable bonds is 35. The van der Waals surface area contributed by atoms with Crippen molar-refractivity contribution in [1.82, 2.24) is 5.32 Å². The van der Waals surface area contributed by atoms with Gasteiger partial charge in [0, 0.05) is 6.42 Å². The van der Waals surface area contributed by atoms with Crippen molar-refractivity contribution in [1.29, 1.82) is 0 Å². The maximum absolute atomic E-state index is 12.9. The number of carbonyl (C=O) groups is 1. The van der Waals surface area contributed by atoms with Gasteiger partial charge in [-0.1, -0.05) is 161 Å². The van der Waals surface area contributed by atoms with Crippen LogP contribution in [0.1, 0.15) is 194 Å². The van der Waals surface area contributed by atoms with Crippen molar-refractivity contribution in [2.45, 2.75) is 236 Å². The third-order valence-electron chi connectivity index (χ3n) is 10.4.